The van der Waals surface area contributed by atoms with Crippen molar-refractivity contribution in [2.75, 3.05) is 18.0 Å². The Kier molecular flexibility index (Phi) is 6.97. The maximum absolute atomic E-state index is 6.23. The highest BCUT2D eigenvalue weighted by molar-refractivity contribution is 6.42. The van der Waals surface area contributed by atoms with Crippen LogP contribution in [0.4, 0.5) is 5.69 Å². The lowest BCUT2D eigenvalue weighted by atomic mass is 10.1. The largest absolute Gasteiger partial charge is 0.371 e. The van der Waals surface area contributed by atoms with Crippen LogP contribution in [0.25, 0.3) is 12.2 Å². The quantitative estimate of drug-likeness (QED) is 0.620. The van der Waals surface area contributed by atoms with Crippen LogP contribution in [0.1, 0.15) is 36.1 Å². The first-order valence-corrected chi connectivity index (χ1v) is 8.74. The Morgan fingerprint density at radius 3 is 2.58 bits per heavy atom. The molecule has 24 heavy (non-hydrogen) atoms. The molecule has 3 rings (SSSR count). The number of nitrogens with zero attached hydrogens (tertiary/aromatic N) is 2. The maximum Gasteiger partial charge on any atom is 0.0664 e. The molecule has 0 bridgehead atoms. The summed E-state index contributed by atoms with van der Waals surface area (Å²) in [6.45, 7) is 4.39. The van der Waals surface area contributed by atoms with Gasteiger partial charge in [0.2, 0.25) is 0 Å². The maximum atomic E-state index is 6.23. The lowest BCUT2D eigenvalue weighted by Crippen LogP contribution is -2.30. The van der Waals surface area contributed by atoms with Gasteiger partial charge in [-0.15, -0.1) is 12.4 Å². The van der Waals surface area contributed by atoms with Crippen molar-refractivity contribution in [2.24, 2.45) is 0 Å². The van der Waals surface area contributed by atoms with Crippen molar-refractivity contribution >= 4 is 53.4 Å². The molecule has 1 aromatic carbocycles. The molecule has 1 aliphatic rings. The fraction of sp³-hybridized carbons (Fsp3) is 0.316. The van der Waals surface area contributed by atoms with Gasteiger partial charge in [0.15, 0.2) is 0 Å². The smallest absolute Gasteiger partial charge is 0.0664 e. The van der Waals surface area contributed by atoms with Gasteiger partial charge in [0.1, 0.15) is 0 Å². The molecular formula is C19H21Cl3N2. The highest BCUT2D eigenvalue weighted by atomic mass is 35.5. The number of hydrogen-bond donors (Lipinski definition) is 0. The monoisotopic (exact) mass is 382 g/mol. The number of hydrogen-bond acceptors (Lipinski definition) is 2. The van der Waals surface area contributed by atoms with Crippen molar-refractivity contribution in [3.63, 3.8) is 0 Å². The number of piperidine rings is 1. The van der Waals surface area contributed by atoms with Gasteiger partial charge in [-0.3, -0.25) is 4.98 Å². The predicted molar refractivity (Wildman–Crippen MR) is 108 cm³/mol. The zero-order valence-corrected chi connectivity index (χ0v) is 16.0. The highest BCUT2D eigenvalue weighted by Crippen LogP contribution is 2.28. The summed E-state index contributed by atoms with van der Waals surface area (Å²) in [7, 11) is 0. The molecule has 0 saturated carbocycles. The van der Waals surface area contributed by atoms with Gasteiger partial charge in [-0.2, -0.15) is 0 Å². The van der Waals surface area contributed by atoms with Crippen LogP contribution in [0.5, 0.6) is 0 Å². The average Bonchev–Trinajstić information content (AvgIpc) is 2.58. The second-order valence-electron chi connectivity index (χ2n) is 5.92. The van der Waals surface area contributed by atoms with Gasteiger partial charge < -0.3 is 4.90 Å². The van der Waals surface area contributed by atoms with Crippen LogP contribution >= 0.6 is 35.6 Å². The summed E-state index contributed by atoms with van der Waals surface area (Å²) in [6.07, 6.45) is 9.77. The van der Waals surface area contributed by atoms with Gasteiger partial charge in [0, 0.05) is 25.0 Å². The molecule has 0 unspecified atom stereocenters. The van der Waals surface area contributed by atoms with Gasteiger partial charge in [-0.1, -0.05) is 41.4 Å². The van der Waals surface area contributed by atoms with Crippen LogP contribution in [0.15, 0.2) is 30.5 Å². The third kappa shape index (κ3) is 4.44. The van der Waals surface area contributed by atoms with Crippen molar-refractivity contribution in [1.29, 1.82) is 0 Å². The van der Waals surface area contributed by atoms with Crippen molar-refractivity contribution in [1.82, 2.24) is 4.98 Å². The number of aromatic nitrogens is 1. The third-order valence-corrected chi connectivity index (χ3v) is 5.04. The molecule has 1 aromatic heterocycles. The number of rotatable bonds is 3. The first-order chi connectivity index (χ1) is 11.1. The van der Waals surface area contributed by atoms with Crippen LogP contribution in [0, 0.1) is 6.92 Å². The minimum absolute atomic E-state index is 0. The second kappa shape index (κ2) is 8.75. The lowest BCUT2D eigenvalue weighted by molar-refractivity contribution is 0.577. The second-order valence-corrected chi connectivity index (χ2v) is 6.70. The van der Waals surface area contributed by atoms with Crippen LogP contribution < -0.4 is 4.90 Å². The summed E-state index contributed by atoms with van der Waals surface area (Å²) in [5.74, 6) is 0. The van der Waals surface area contributed by atoms with E-state index in [1.165, 1.54) is 30.5 Å². The molecule has 0 atom stereocenters. The summed E-state index contributed by atoms with van der Waals surface area (Å²) in [5.41, 5.74) is 4.36. The van der Waals surface area contributed by atoms with E-state index in [1.54, 1.807) is 6.07 Å². The van der Waals surface area contributed by atoms with E-state index >= 15 is 0 Å². The van der Waals surface area contributed by atoms with Crippen LogP contribution in [-0.2, 0) is 0 Å². The van der Waals surface area contributed by atoms with E-state index in [-0.39, 0.29) is 12.4 Å². The van der Waals surface area contributed by atoms with Crippen molar-refractivity contribution in [3.8, 4) is 0 Å². The SMILES string of the molecule is Cc1cnc(C=Cc2cccc(Cl)c2Cl)cc1N1CCCCC1.Cl. The summed E-state index contributed by atoms with van der Waals surface area (Å²) in [5, 5.41) is 1.15. The van der Waals surface area contributed by atoms with Gasteiger partial charge >= 0.3 is 0 Å². The van der Waals surface area contributed by atoms with E-state index in [0.29, 0.717) is 10.0 Å². The Bertz CT molecular complexity index is 723. The zero-order valence-electron chi connectivity index (χ0n) is 13.6. The van der Waals surface area contributed by atoms with Gasteiger partial charge in [-0.25, -0.2) is 0 Å². The summed E-state index contributed by atoms with van der Waals surface area (Å²) in [6, 6.07) is 7.80. The molecule has 5 heteroatoms. The molecular weight excluding hydrogens is 363 g/mol. The Hall–Kier alpha value is -1.22. The van der Waals surface area contributed by atoms with Gasteiger partial charge in [-0.05, 0) is 55.5 Å². The molecule has 1 fully saturated rings. The summed E-state index contributed by atoms with van der Waals surface area (Å²) >= 11 is 12.3. The first-order valence-electron chi connectivity index (χ1n) is 7.99. The topological polar surface area (TPSA) is 16.1 Å². The average molecular weight is 384 g/mol. The van der Waals surface area contributed by atoms with E-state index < -0.39 is 0 Å². The molecule has 128 valence electrons. The predicted octanol–water partition coefficient (Wildman–Crippen LogP) is 6.28. The van der Waals surface area contributed by atoms with Crippen molar-refractivity contribution < 1.29 is 0 Å². The molecule has 0 N–H and O–H groups in total. The van der Waals surface area contributed by atoms with E-state index in [4.69, 9.17) is 23.2 Å². The molecule has 2 nitrogen and oxygen atoms in total. The fourth-order valence-corrected chi connectivity index (χ4v) is 3.29. The van der Waals surface area contributed by atoms with E-state index in [0.717, 1.165) is 24.3 Å². The minimum Gasteiger partial charge on any atom is -0.371 e. The Morgan fingerprint density at radius 1 is 1.08 bits per heavy atom. The number of benzene rings is 1. The molecule has 1 saturated heterocycles. The van der Waals surface area contributed by atoms with E-state index in [9.17, 15) is 0 Å². The summed E-state index contributed by atoms with van der Waals surface area (Å²) in [4.78, 5) is 6.97. The minimum atomic E-state index is 0. The Morgan fingerprint density at radius 2 is 1.83 bits per heavy atom. The number of halogens is 3. The molecule has 0 amide bonds. The standard InChI is InChI=1S/C19H20Cl2N2.ClH/c1-14-13-22-16(12-18(14)23-10-3-2-4-11-23)9-8-15-6-5-7-17(20)19(15)21;/h5-9,12-13H,2-4,10-11H2,1H3;1H. The van der Waals surface area contributed by atoms with Crippen LogP contribution in [-0.4, -0.2) is 18.1 Å². The van der Waals surface area contributed by atoms with E-state index in [1.807, 2.05) is 30.5 Å². The van der Waals surface area contributed by atoms with E-state index in [2.05, 4.69) is 22.9 Å². The number of aryl methyl sites for hydroxylation is 1. The van der Waals surface area contributed by atoms with Crippen molar-refractivity contribution in [3.05, 3.63) is 57.3 Å². The van der Waals surface area contributed by atoms with Gasteiger partial charge in [0.05, 0.1) is 15.7 Å². The lowest BCUT2D eigenvalue weighted by Gasteiger charge is -2.30. The summed E-state index contributed by atoms with van der Waals surface area (Å²) < 4.78 is 0. The van der Waals surface area contributed by atoms with Gasteiger partial charge in [0.25, 0.3) is 0 Å². The molecule has 0 spiro atoms. The molecule has 0 aliphatic carbocycles. The molecule has 2 heterocycles. The van der Waals surface area contributed by atoms with Crippen molar-refractivity contribution in [2.45, 2.75) is 26.2 Å². The highest BCUT2D eigenvalue weighted by Gasteiger charge is 2.13. The Balaban J connectivity index is 0.00000208. The number of anilines is 1. The van der Waals surface area contributed by atoms with Crippen LogP contribution in [0.2, 0.25) is 10.0 Å². The Labute approximate surface area is 159 Å². The molecule has 1 aliphatic heterocycles. The first kappa shape index (κ1) is 19.1. The molecule has 2 aromatic rings. The normalized spacial score (nSPS) is 14.7. The fourth-order valence-electron chi connectivity index (χ4n) is 2.92. The number of pyridine rings is 1. The molecule has 0 radical (unpaired) electrons. The zero-order chi connectivity index (χ0) is 16.2. The van der Waals surface area contributed by atoms with Crippen LogP contribution in [0.3, 0.4) is 0 Å². The third-order valence-electron chi connectivity index (χ3n) is 4.21.